The number of nitrogens with one attached hydrogen (secondary N) is 1. The SMILES string of the molecule is NCCc1coc(NC(=O)c2ccc(F)cc2)n1. The number of carbonyl (C=O) groups excluding carboxylic acids is 1. The van der Waals surface area contributed by atoms with Crippen molar-refractivity contribution < 1.29 is 13.6 Å². The molecule has 18 heavy (non-hydrogen) atoms. The van der Waals surface area contributed by atoms with Crippen LogP contribution in [0.3, 0.4) is 0 Å². The summed E-state index contributed by atoms with van der Waals surface area (Å²) in [6.45, 7) is 0.456. The van der Waals surface area contributed by atoms with Crippen LogP contribution in [-0.2, 0) is 6.42 Å². The van der Waals surface area contributed by atoms with Crippen LogP contribution in [0.1, 0.15) is 16.1 Å². The Morgan fingerprint density at radius 2 is 2.11 bits per heavy atom. The van der Waals surface area contributed by atoms with E-state index in [9.17, 15) is 9.18 Å². The van der Waals surface area contributed by atoms with E-state index in [0.717, 1.165) is 0 Å². The van der Waals surface area contributed by atoms with Gasteiger partial charge in [-0.3, -0.25) is 10.1 Å². The number of amides is 1. The van der Waals surface area contributed by atoms with Crippen LogP contribution in [0.5, 0.6) is 0 Å². The maximum Gasteiger partial charge on any atom is 0.301 e. The number of oxazole rings is 1. The number of hydrogen-bond donors (Lipinski definition) is 2. The van der Waals surface area contributed by atoms with Gasteiger partial charge in [0.05, 0.1) is 5.69 Å². The van der Waals surface area contributed by atoms with Crippen molar-refractivity contribution in [1.82, 2.24) is 4.98 Å². The number of nitrogens with two attached hydrogens (primary N) is 1. The molecule has 5 nitrogen and oxygen atoms in total. The van der Waals surface area contributed by atoms with E-state index >= 15 is 0 Å². The maximum absolute atomic E-state index is 12.7. The summed E-state index contributed by atoms with van der Waals surface area (Å²) in [7, 11) is 0. The molecule has 1 aromatic heterocycles. The van der Waals surface area contributed by atoms with E-state index in [1.165, 1.54) is 30.5 Å². The van der Waals surface area contributed by atoms with E-state index < -0.39 is 11.7 Å². The third-order valence-corrected chi connectivity index (χ3v) is 2.28. The highest BCUT2D eigenvalue weighted by atomic mass is 19.1. The van der Waals surface area contributed by atoms with Crippen LogP contribution in [0.2, 0.25) is 0 Å². The third-order valence-electron chi connectivity index (χ3n) is 2.28. The summed E-state index contributed by atoms with van der Waals surface area (Å²) < 4.78 is 17.8. The third kappa shape index (κ3) is 2.92. The number of carbonyl (C=O) groups is 1. The Bertz CT molecular complexity index is 537. The van der Waals surface area contributed by atoms with Crippen molar-refractivity contribution in [3.05, 3.63) is 47.6 Å². The first kappa shape index (κ1) is 12.3. The Balaban J connectivity index is 2.04. The van der Waals surface area contributed by atoms with Gasteiger partial charge in [-0.05, 0) is 30.8 Å². The lowest BCUT2D eigenvalue weighted by molar-refractivity contribution is 0.102. The zero-order valence-electron chi connectivity index (χ0n) is 9.52. The van der Waals surface area contributed by atoms with Crippen LogP contribution >= 0.6 is 0 Å². The van der Waals surface area contributed by atoms with E-state index in [-0.39, 0.29) is 6.01 Å². The molecule has 0 fully saturated rings. The van der Waals surface area contributed by atoms with Gasteiger partial charge >= 0.3 is 6.01 Å². The first-order valence-electron chi connectivity index (χ1n) is 5.40. The molecule has 1 aromatic carbocycles. The molecule has 0 atom stereocenters. The van der Waals surface area contributed by atoms with Crippen LogP contribution in [0.25, 0.3) is 0 Å². The van der Waals surface area contributed by atoms with Crippen molar-refractivity contribution >= 4 is 11.9 Å². The highest BCUT2D eigenvalue weighted by molar-refractivity contribution is 6.03. The van der Waals surface area contributed by atoms with Crippen LogP contribution in [-0.4, -0.2) is 17.4 Å². The van der Waals surface area contributed by atoms with Crippen molar-refractivity contribution in [3.63, 3.8) is 0 Å². The second-order valence-corrected chi connectivity index (χ2v) is 3.64. The van der Waals surface area contributed by atoms with E-state index in [1.807, 2.05) is 0 Å². The molecule has 0 spiro atoms. The molecule has 0 saturated heterocycles. The second-order valence-electron chi connectivity index (χ2n) is 3.64. The van der Waals surface area contributed by atoms with Gasteiger partial charge in [0.1, 0.15) is 12.1 Å². The minimum Gasteiger partial charge on any atom is -0.432 e. The second kappa shape index (κ2) is 5.42. The number of anilines is 1. The Kier molecular flexibility index (Phi) is 3.69. The van der Waals surface area contributed by atoms with E-state index in [2.05, 4.69) is 10.3 Å². The zero-order chi connectivity index (χ0) is 13.0. The van der Waals surface area contributed by atoms with Crippen LogP contribution in [0.4, 0.5) is 10.4 Å². The first-order valence-corrected chi connectivity index (χ1v) is 5.40. The molecule has 1 heterocycles. The number of halogens is 1. The quantitative estimate of drug-likeness (QED) is 0.861. The molecule has 0 aliphatic heterocycles. The van der Waals surface area contributed by atoms with Gasteiger partial charge in [0.2, 0.25) is 0 Å². The molecule has 2 aromatic rings. The van der Waals surface area contributed by atoms with Gasteiger partial charge in [0.15, 0.2) is 0 Å². The molecular weight excluding hydrogens is 237 g/mol. The van der Waals surface area contributed by atoms with Crippen molar-refractivity contribution in [1.29, 1.82) is 0 Å². The summed E-state index contributed by atoms with van der Waals surface area (Å²) in [4.78, 5) is 15.8. The van der Waals surface area contributed by atoms with Gasteiger partial charge in [-0.25, -0.2) is 4.39 Å². The van der Waals surface area contributed by atoms with Gasteiger partial charge in [0.25, 0.3) is 5.91 Å². The number of aromatic nitrogens is 1. The minimum absolute atomic E-state index is 0.104. The van der Waals surface area contributed by atoms with Crippen LogP contribution in [0.15, 0.2) is 34.9 Å². The van der Waals surface area contributed by atoms with Gasteiger partial charge in [0, 0.05) is 12.0 Å². The highest BCUT2D eigenvalue weighted by Gasteiger charge is 2.10. The Morgan fingerprint density at radius 3 is 2.78 bits per heavy atom. The lowest BCUT2D eigenvalue weighted by Crippen LogP contribution is -2.12. The molecule has 1 amide bonds. The number of rotatable bonds is 4. The molecule has 0 saturated carbocycles. The molecule has 0 bridgehead atoms. The standard InChI is InChI=1S/C12H12FN3O2/c13-9-3-1-8(2-4-9)11(17)16-12-15-10(5-6-14)7-18-12/h1-4,7H,5-6,14H2,(H,15,16,17). The van der Waals surface area contributed by atoms with Gasteiger partial charge < -0.3 is 10.2 Å². The minimum atomic E-state index is -0.406. The number of nitrogens with zero attached hydrogens (tertiary/aromatic N) is 1. The fraction of sp³-hybridized carbons (Fsp3) is 0.167. The van der Waals surface area contributed by atoms with E-state index in [1.54, 1.807) is 0 Å². The van der Waals surface area contributed by atoms with Crippen LogP contribution in [0, 0.1) is 5.82 Å². The Labute approximate surface area is 103 Å². The van der Waals surface area contributed by atoms with Crippen LogP contribution < -0.4 is 11.1 Å². The lowest BCUT2D eigenvalue weighted by Gasteiger charge is -2.00. The Hall–Kier alpha value is -2.21. The smallest absolute Gasteiger partial charge is 0.301 e. The summed E-state index contributed by atoms with van der Waals surface area (Å²) in [5.41, 5.74) is 6.37. The average molecular weight is 249 g/mol. The molecule has 0 aliphatic carbocycles. The molecule has 0 aliphatic rings. The fourth-order valence-corrected chi connectivity index (χ4v) is 1.40. The fourth-order valence-electron chi connectivity index (χ4n) is 1.40. The van der Waals surface area contributed by atoms with Gasteiger partial charge in [-0.1, -0.05) is 0 Å². The zero-order valence-corrected chi connectivity index (χ0v) is 9.52. The summed E-state index contributed by atoms with van der Waals surface area (Å²) in [6.07, 6.45) is 2.02. The summed E-state index contributed by atoms with van der Waals surface area (Å²) >= 11 is 0. The summed E-state index contributed by atoms with van der Waals surface area (Å²) in [5, 5.41) is 2.48. The summed E-state index contributed by atoms with van der Waals surface area (Å²) in [5.74, 6) is -0.802. The average Bonchev–Trinajstić information content (AvgIpc) is 2.78. The van der Waals surface area contributed by atoms with Gasteiger partial charge in [-0.2, -0.15) is 4.98 Å². The van der Waals surface area contributed by atoms with E-state index in [4.69, 9.17) is 10.2 Å². The molecule has 6 heteroatoms. The molecule has 0 radical (unpaired) electrons. The molecule has 2 rings (SSSR count). The Morgan fingerprint density at radius 1 is 1.39 bits per heavy atom. The first-order chi connectivity index (χ1) is 8.69. The molecular formula is C12H12FN3O2. The van der Waals surface area contributed by atoms with Crippen molar-refractivity contribution in [2.24, 2.45) is 5.73 Å². The maximum atomic E-state index is 12.7. The van der Waals surface area contributed by atoms with E-state index in [0.29, 0.717) is 24.2 Å². The number of hydrogen-bond acceptors (Lipinski definition) is 4. The van der Waals surface area contributed by atoms with Gasteiger partial charge in [-0.15, -0.1) is 0 Å². The number of benzene rings is 1. The van der Waals surface area contributed by atoms with Crippen molar-refractivity contribution in [3.8, 4) is 0 Å². The normalized spacial score (nSPS) is 10.3. The van der Waals surface area contributed by atoms with Crippen molar-refractivity contribution in [2.45, 2.75) is 6.42 Å². The van der Waals surface area contributed by atoms with Crippen molar-refractivity contribution in [2.75, 3.05) is 11.9 Å². The predicted octanol–water partition coefficient (Wildman–Crippen LogP) is 1.57. The molecule has 0 unspecified atom stereocenters. The summed E-state index contributed by atoms with van der Waals surface area (Å²) in [6, 6.07) is 5.30. The highest BCUT2D eigenvalue weighted by Crippen LogP contribution is 2.10. The monoisotopic (exact) mass is 249 g/mol. The topological polar surface area (TPSA) is 81.1 Å². The molecule has 3 N–H and O–H groups in total. The lowest BCUT2D eigenvalue weighted by atomic mass is 10.2. The molecule has 94 valence electrons. The largest absolute Gasteiger partial charge is 0.432 e. The predicted molar refractivity (Wildman–Crippen MR) is 63.6 cm³/mol.